The third-order valence-electron chi connectivity index (χ3n) is 4.40. The summed E-state index contributed by atoms with van der Waals surface area (Å²) >= 11 is 0. The Morgan fingerprint density at radius 2 is 2.05 bits per heavy atom. The highest BCUT2D eigenvalue weighted by atomic mass is 16.6. The van der Waals surface area contributed by atoms with Gasteiger partial charge in [-0.15, -0.1) is 0 Å². The molecule has 1 aromatic heterocycles. The Balaban J connectivity index is 2.15. The maximum absolute atomic E-state index is 11.2. The summed E-state index contributed by atoms with van der Waals surface area (Å²) in [5.41, 5.74) is 1.21. The molecule has 0 aliphatic carbocycles. The van der Waals surface area contributed by atoms with Crippen molar-refractivity contribution in [2.75, 3.05) is 11.4 Å². The van der Waals surface area contributed by atoms with E-state index in [4.69, 9.17) is 0 Å². The van der Waals surface area contributed by atoms with Gasteiger partial charge in [0.05, 0.1) is 10.3 Å². The second-order valence-electron chi connectivity index (χ2n) is 5.97. The highest BCUT2D eigenvalue weighted by Crippen LogP contribution is 2.36. The lowest BCUT2D eigenvalue weighted by Gasteiger charge is -2.39. The molecule has 2 unspecified atom stereocenters. The molecule has 0 bridgehead atoms. The van der Waals surface area contributed by atoms with Crippen LogP contribution in [0.2, 0.25) is 0 Å². The number of non-ortho nitro benzene ring substituents is 1. The molecule has 2 heterocycles. The topological polar surface area (TPSA) is 59.3 Å². The first-order valence-electron chi connectivity index (χ1n) is 7.35. The Labute approximate surface area is 123 Å². The summed E-state index contributed by atoms with van der Waals surface area (Å²) < 4.78 is 0. The number of nitrogens with zero attached hydrogens (tertiary/aromatic N) is 3. The molecule has 0 amide bonds. The van der Waals surface area contributed by atoms with E-state index in [0.717, 1.165) is 24.0 Å². The quantitative estimate of drug-likeness (QED) is 0.622. The lowest BCUT2D eigenvalue weighted by atomic mass is 9.93. The molecule has 110 valence electrons. The van der Waals surface area contributed by atoms with Crippen molar-refractivity contribution in [1.82, 2.24) is 4.98 Å². The van der Waals surface area contributed by atoms with E-state index in [1.807, 2.05) is 12.1 Å². The summed E-state index contributed by atoms with van der Waals surface area (Å²) in [5, 5.41) is 12.7. The van der Waals surface area contributed by atoms with Gasteiger partial charge in [-0.05, 0) is 37.8 Å². The van der Waals surface area contributed by atoms with Crippen LogP contribution in [0.4, 0.5) is 11.4 Å². The first-order chi connectivity index (χ1) is 10.1. The summed E-state index contributed by atoms with van der Waals surface area (Å²) in [6.07, 6.45) is 5.69. The predicted octanol–water partition coefficient (Wildman–Crippen LogP) is 3.77. The number of piperidine rings is 1. The molecule has 1 aromatic carbocycles. The summed E-state index contributed by atoms with van der Waals surface area (Å²) in [6, 6.07) is 5.82. The first-order valence-corrected chi connectivity index (χ1v) is 7.35. The Morgan fingerprint density at radius 3 is 2.81 bits per heavy atom. The number of aromatic nitrogens is 1. The number of pyridine rings is 1. The number of rotatable bonds is 2. The van der Waals surface area contributed by atoms with Gasteiger partial charge in [-0.2, -0.15) is 0 Å². The fourth-order valence-electron chi connectivity index (χ4n) is 3.19. The third kappa shape index (κ3) is 2.44. The van der Waals surface area contributed by atoms with Crippen molar-refractivity contribution in [3.8, 4) is 0 Å². The van der Waals surface area contributed by atoms with Crippen molar-refractivity contribution >= 4 is 22.1 Å². The lowest BCUT2D eigenvalue weighted by Crippen LogP contribution is -2.41. The average molecular weight is 285 g/mol. The smallest absolute Gasteiger partial charge is 0.278 e. The molecule has 0 saturated carbocycles. The fraction of sp³-hybridized carbons (Fsp3) is 0.438. The zero-order chi connectivity index (χ0) is 15.0. The van der Waals surface area contributed by atoms with Crippen molar-refractivity contribution in [3.05, 3.63) is 40.7 Å². The molecule has 21 heavy (non-hydrogen) atoms. The minimum atomic E-state index is -0.337. The molecule has 2 aromatic rings. The number of benzene rings is 1. The van der Waals surface area contributed by atoms with Crippen LogP contribution in [0.3, 0.4) is 0 Å². The van der Waals surface area contributed by atoms with Gasteiger partial charge in [0.1, 0.15) is 0 Å². The van der Waals surface area contributed by atoms with Crippen LogP contribution in [-0.2, 0) is 0 Å². The van der Waals surface area contributed by atoms with Crippen LogP contribution in [0, 0.1) is 16.0 Å². The second-order valence-corrected chi connectivity index (χ2v) is 5.97. The SMILES string of the molecule is CC1CCC(C)N(c2ccc([N+](=O)[O-])c3cnccc23)C1. The molecule has 2 atom stereocenters. The highest BCUT2D eigenvalue weighted by molar-refractivity contribution is 5.99. The van der Waals surface area contributed by atoms with Crippen LogP contribution in [0.25, 0.3) is 10.8 Å². The van der Waals surface area contributed by atoms with Crippen LogP contribution in [0.5, 0.6) is 0 Å². The van der Waals surface area contributed by atoms with Gasteiger partial charge in [0, 0.05) is 42.1 Å². The number of hydrogen-bond donors (Lipinski definition) is 0. The van der Waals surface area contributed by atoms with Gasteiger partial charge in [0.15, 0.2) is 0 Å². The van der Waals surface area contributed by atoms with E-state index in [-0.39, 0.29) is 10.6 Å². The zero-order valence-electron chi connectivity index (χ0n) is 12.3. The molecule has 5 nitrogen and oxygen atoms in total. The van der Waals surface area contributed by atoms with Crippen LogP contribution in [0.15, 0.2) is 30.6 Å². The molecule has 1 aliphatic heterocycles. The molecular weight excluding hydrogens is 266 g/mol. The van der Waals surface area contributed by atoms with Crippen molar-refractivity contribution < 1.29 is 4.92 Å². The number of nitro groups is 1. The van der Waals surface area contributed by atoms with Crippen LogP contribution < -0.4 is 4.90 Å². The summed E-state index contributed by atoms with van der Waals surface area (Å²) in [6.45, 7) is 5.48. The minimum absolute atomic E-state index is 0.125. The van der Waals surface area contributed by atoms with E-state index in [9.17, 15) is 10.1 Å². The van der Waals surface area contributed by atoms with E-state index in [1.165, 1.54) is 6.42 Å². The lowest BCUT2D eigenvalue weighted by molar-refractivity contribution is -0.383. The molecule has 1 saturated heterocycles. The molecule has 0 spiro atoms. The van der Waals surface area contributed by atoms with Crippen molar-refractivity contribution in [2.45, 2.75) is 32.7 Å². The number of hydrogen-bond acceptors (Lipinski definition) is 4. The van der Waals surface area contributed by atoms with Crippen LogP contribution in [0.1, 0.15) is 26.7 Å². The minimum Gasteiger partial charge on any atom is -0.368 e. The maximum atomic E-state index is 11.2. The van der Waals surface area contributed by atoms with Crippen molar-refractivity contribution in [3.63, 3.8) is 0 Å². The fourth-order valence-corrected chi connectivity index (χ4v) is 3.19. The molecule has 3 rings (SSSR count). The summed E-state index contributed by atoms with van der Waals surface area (Å²) in [4.78, 5) is 17.3. The zero-order valence-corrected chi connectivity index (χ0v) is 12.3. The average Bonchev–Trinajstić information content (AvgIpc) is 2.48. The first kappa shape index (κ1) is 13.8. The van der Waals surface area contributed by atoms with E-state index in [1.54, 1.807) is 18.5 Å². The van der Waals surface area contributed by atoms with Crippen LogP contribution >= 0.6 is 0 Å². The monoisotopic (exact) mass is 285 g/mol. The predicted molar refractivity (Wildman–Crippen MR) is 83.6 cm³/mol. The molecule has 0 N–H and O–H groups in total. The molecule has 1 aliphatic rings. The van der Waals surface area contributed by atoms with E-state index in [0.29, 0.717) is 17.3 Å². The molecular formula is C16H19N3O2. The standard InChI is InChI=1S/C16H19N3O2/c1-11-3-4-12(2)18(10-11)15-5-6-16(19(20)21)14-9-17-8-7-13(14)15/h5-9,11-12H,3-4,10H2,1-2H3. The molecule has 5 heteroatoms. The molecule has 0 radical (unpaired) electrons. The van der Waals surface area contributed by atoms with Gasteiger partial charge >= 0.3 is 0 Å². The Bertz CT molecular complexity index is 686. The van der Waals surface area contributed by atoms with Crippen molar-refractivity contribution in [1.29, 1.82) is 0 Å². The van der Waals surface area contributed by atoms with Gasteiger partial charge in [0.2, 0.25) is 0 Å². The van der Waals surface area contributed by atoms with Gasteiger partial charge in [-0.1, -0.05) is 6.92 Å². The van der Waals surface area contributed by atoms with Gasteiger partial charge < -0.3 is 4.90 Å². The maximum Gasteiger partial charge on any atom is 0.278 e. The van der Waals surface area contributed by atoms with Gasteiger partial charge in [0.25, 0.3) is 5.69 Å². The summed E-state index contributed by atoms with van der Waals surface area (Å²) in [5.74, 6) is 0.647. The number of nitro benzene ring substituents is 1. The van der Waals surface area contributed by atoms with Crippen LogP contribution in [-0.4, -0.2) is 22.5 Å². The summed E-state index contributed by atoms with van der Waals surface area (Å²) in [7, 11) is 0. The Hall–Kier alpha value is -2.17. The number of fused-ring (bicyclic) bond motifs is 1. The normalized spacial score (nSPS) is 22.5. The van der Waals surface area contributed by atoms with E-state index in [2.05, 4.69) is 23.7 Å². The number of anilines is 1. The van der Waals surface area contributed by atoms with Gasteiger partial charge in [-0.3, -0.25) is 15.1 Å². The van der Waals surface area contributed by atoms with Crippen molar-refractivity contribution in [2.24, 2.45) is 5.92 Å². The highest BCUT2D eigenvalue weighted by Gasteiger charge is 2.25. The van der Waals surface area contributed by atoms with E-state index < -0.39 is 0 Å². The Kier molecular flexibility index (Phi) is 3.49. The second kappa shape index (κ2) is 5.31. The van der Waals surface area contributed by atoms with Gasteiger partial charge in [-0.25, -0.2) is 0 Å². The molecule has 1 fully saturated rings. The third-order valence-corrected chi connectivity index (χ3v) is 4.40. The van der Waals surface area contributed by atoms with E-state index >= 15 is 0 Å². The largest absolute Gasteiger partial charge is 0.368 e. The Morgan fingerprint density at radius 1 is 1.24 bits per heavy atom.